The second kappa shape index (κ2) is 8.58. The van der Waals surface area contributed by atoms with E-state index in [0.717, 1.165) is 30.5 Å². The Balaban J connectivity index is 1.95. The van der Waals surface area contributed by atoms with Gasteiger partial charge in [-0.25, -0.2) is 0 Å². The predicted octanol–water partition coefficient (Wildman–Crippen LogP) is 5.27. The minimum atomic E-state index is -1.03. The van der Waals surface area contributed by atoms with Gasteiger partial charge in [-0.1, -0.05) is 72.9 Å². The first-order chi connectivity index (χ1) is 12.6. The van der Waals surface area contributed by atoms with Gasteiger partial charge in [0.25, 0.3) is 0 Å². The number of aryl methyl sites for hydroxylation is 1. The highest BCUT2D eigenvalue weighted by atomic mass is 35.5. The van der Waals surface area contributed by atoms with Crippen LogP contribution >= 0.6 is 23.2 Å². The van der Waals surface area contributed by atoms with E-state index in [9.17, 15) is 5.11 Å². The zero-order valence-corrected chi connectivity index (χ0v) is 15.9. The van der Waals surface area contributed by atoms with Crippen molar-refractivity contribution in [1.82, 2.24) is 15.2 Å². The van der Waals surface area contributed by atoms with Gasteiger partial charge in [0.15, 0.2) is 5.15 Å². The maximum absolute atomic E-state index is 10.8. The van der Waals surface area contributed by atoms with Gasteiger partial charge in [-0.3, -0.25) is 4.98 Å². The third-order valence-electron chi connectivity index (χ3n) is 4.17. The van der Waals surface area contributed by atoms with E-state index in [1.807, 2.05) is 42.5 Å². The lowest BCUT2D eigenvalue weighted by Crippen LogP contribution is -2.06. The van der Waals surface area contributed by atoms with E-state index < -0.39 is 6.10 Å². The Morgan fingerprint density at radius 2 is 1.81 bits per heavy atom. The molecule has 1 N–H and O–H groups in total. The molecule has 3 aromatic rings. The van der Waals surface area contributed by atoms with E-state index in [4.69, 9.17) is 23.2 Å². The molecule has 4 nitrogen and oxygen atoms in total. The first-order valence-corrected chi connectivity index (χ1v) is 9.27. The normalized spacial score (nSPS) is 12.2. The van der Waals surface area contributed by atoms with Crippen LogP contribution < -0.4 is 0 Å². The van der Waals surface area contributed by atoms with Crippen LogP contribution in [0.15, 0.2) is 48.7 Å². The largest absolute Gasteiger partial charge is 0.383 e. The SMILES string of the molecule is CCCCc1ccc(C(O)c2c(Cl)nnc(-c3ccccc3)c2Cl)cn1. The summed E-state index contributed by atoms with van der Waals surface area (Å²) in [5, 5.41) is 19.2. The molecular weight excluding hydrogens is 369 g/mol. The van der Waals surface area contributed by atoms with Crippen LogP contribution in [0.3, 0.4) is 0 Å². The van der Waals surface area contributed by atoms with Crippen LogP contribution in [0, 0.1) is 0 Å². The zero-order valence-electron chi connectivity index (χ0n) is 14.4. The number of pyridine rings is 1. The Labute approximate surface area is 162 Å². The van der Waals surface area contributed by atoms with Crippen molar-refractivity contribution in [3.63, 3.8) is 0 Å². The molecule has 2 aromatic heterocycles. The van der Waals surface area contributed by atoms with Crippen molar-refractivity contribution in [2.24, 2.45) is 0 Å². The van der Waals surface area contributed by atoms with Crippen LogP contribution in [0.1, 0.15) is 42.7 Å². The summed E-state index contributed by atoms with van der Waals surface area (Å²) >= 11 is 12.7. The molecule has 0 fully saturated rings. The molecule has 0 radical (unpaired) electrons. The van der Waals surface area contributed by atoms with Crippen LogP contribution in [0.4, 0.5) is 0 Å². The van der Waals surface area contributed by atoms with Gasteiger partial charge in [-0.2, -0.15) is 0 Å². The van der Waals surface area contributed by atoms with Crippen LogP contribution in [-0.4, -0.2) is 20.3 Å². The third-order valence-corrected chi connectivity index (χ3v) is 4.84. The Bertz CT molecular complexity index is 870. The van der Waals surface area contributed by atoms with Gasteiger partial charge in [0.2, 0.25) is 0 Å². The van der Waals surface area contributed by atoms with E-state index in [1.165, 1.54) is 0 Å². The van der Waals surface area contributed by atoms with Crippen LogP contribution in [0.25, 0.3) is 11.3 Å². The van der Waals surface area contributed by atoms with Gasteiger partial charge < -0.3 is 5.11 Å². The number of aromatic nitrogens is 3. The highest BCUT2D eigenvalue weighted by Crippen LogP contribution is 2.37. The fourth-order valence-corrected chi connectivity index (χ4v) is 3.32. The van der Waals surface area contributed by atoms with Gasteiger partial charge >= 0.3 is 0 Å². The van der Waals surface area contributed by atoms with E-state index in [-0.39, 0.29) is 5.15 Å². The minimum absolute atomic E-state index is 0.0808. The minimum Gasteiger partial charge on any atom is -0.383 e. The number of aliphatic hydroxyl groups is 1. The average Bonchev–Trinajstić information content (AvgIpc) is 2.67. The van der Waals surface area contributed by atoms with Gasteiger partial charge in [0.05, 0.1) is 5.02 Å². The molecule has 1 aromatic carbocycles. The van der Waals surface area contributed by atoms with Crippen molar-refractivity contribution >= 4 is 23.2 Å². The highest BCUT2D eigenvalue weighted by molar-refractivity contribution is 6.37. The Kier molecular flexibility index (Phi) is 6.20. The molecular formula is C20H19Cl2N3O. The molecule has 0 aliphatic rings. The number of aliphatic hydroxyl groups excluding tert-OH is 1. The van der Waals surface area contributed by atoms with E-state index in [2.05, 4.69) is 22.1 Å². The molecule has 0 saturated heterocycles. The van der Waals surface area contributed by atoms with Gasteiger partial charge in [-0.15, -0.1) is 10.2 Å². The molecule has 6 heteroatoms. The number of benzene rings is 1. The number of hydrogen-bond acceptors (Lipinski definition) is 4. The lowest BCUT2D eigenvalue weighted by Gasteiger charge is -2.16. The summed E-state index contributed by atoms with van der Waals surface area (Å²) in [5.41, 5.74) is 3.24. The molecule has 1 atom stereocenters. The second-order valence-corrected chi connectivity index (χ2v) is 6.76. The molecule has 3 rings (SSSR count). The fraction of sp³-hybridized carbons (Fsp3) is 0.250. The summed E-state index contributed by atoms with van der Waals surface area (Å²) in [7, 11) is 0. The molecule has 26 heavy (non-hydrogen) atoms. The zero-order chi connectivity index (χ0) is 18.5. The standard InChI is InChI=1S/C20H19Cl2N3O/c1-2-3-9-15-11-10-14(12-23-15)19(26)16-17(21)18(24-25-20(16)22)13-7-5-4-6-8-13/h4-8,10-12,19,26H,2-3,9H2,1H3. The average molecular weight is 388 g/mol. The summed E-state index contributed by atoms with van der Waals surface area (Å²) in [6, 6.07) is 13.2. The summed E-state index contributed by atoms with van der Waals surface area (Å²) in [6.45, 7) is 2.14. The van der Waals surface area contributed by atoms with Crippen molar-refractivity contribution in [3.8, 4) is 11.3 Å². The van der Waals surface area contributed by atoms with Crippen LogP contribution in [-0.2, 0) is 6.42 Å². The van der Waals surface area contributed by atoms with Gasteiger partial charge in [0, 0.05) is 28.6 Å². The monoisotopic (exact) mass is 387 g/mol. The highest BCUT2D eigenvalue weighted by Gasteiger charge is 2.23. The smallest absolute Gasteiger partial charge is 0.159 e. The summed E-state index contributed by atoms with van der Waals surface area (Å²) in [5.74, 6) is 0. The van der Waals surface area contributed by atoms with E-state index >= 15 is 0 Å². The summed E-state index contributed by atoms with van der Waals surface area (Å²) in [6.07, 6.45) is 3.75. The molecule has 0 amide bonds. The summed E-state index contributed by atoms with van der Waals surface area (Å²) < 4.78 is 0. The maximum atomic E-state index is 10.8. The lowest BCUT2D eigenvalue weighted by atomic mass is 10.0. The van der Waals surface area contributed by atoms with Crippen molar-refractivity contribution in [1.29, 1.82) is 0 Å². The fourth-order valence-electron chi connectivity index (χ4n) is 2.69. The molecule has 134 valence electrons. The van der Waals surface area contributed by atoms with Crippen molar-refractivity contribution in [2.75, 3.05) is 0 Å². The van der Waals surface area contributed by atoms with Gasteiger partial charge in [0.1, 0.15) is 11.8 Å². The molecule has 2 heterocycles. The quantitative estimate of drug-likeness (QED) is 0.625. The number of nitrogens with zero attached hydrogens (tertiary/aromatic N) is 3. The van der Waals surface area contributed by atoms with E-state index in [0.29, 0.717) is 21.8 Å². The lowest BCUT2D eigenvalue weighted by molar-refractivity contribution is 0.219. The van der Waals surface area contributed by atoms with Crippen molar-refractivity contribution in [3.05, 3.63) is 75.7 Å². The molecule has 0 aliphatic heterocycles. The number of halogens is 2. The second-order valence-electron chi connectivity index (χ2n) is 6.02. The van der Waals surface area contributed by atoms with Crippen LogP contribution in [0.5, 0.6) is 0 Å². The molecule has 1 unspecified atom stereocenters. The van der Waals surface area contributed by atoms with Gasteiger partial charge in [-0.05, 0) is 18.9 Å². The molecule has 0 saturated carbocycles. The predicted molar refractivity (Wildman–Crippen MR) is 104 cm³/mol. The molecule has 0 bridgehead atoms. The molecule has 0 spiro atoms. The Hall–Kier alpha value is -2.01. The number of rotatable bonds is 6. The maximum Gasteiger partial charge on any atom is 0.159 e. The first-order valence-electron chi connectivity index (χ1n) is 8.51. The Morgan fingerprint density at radius 1 is 1.04 bits per heavy atom. The number of unbranched alkanes of at least 4 members (excludes halogenated alkanes) is 1. The van der Waals surface area contributed by atoms with Crippen molar-refractivity contribution in [2.45, 2.75) is 32.3 Å². The summed E-state index contributed by atoms with van der Waals surface area (Å²) in [4.78, 5) is 4.42. The molecule has 0 aliphatic carbocycles. The van der Waals surface area contributed by atoms with E-state index in [1.54, 1.807) is 6.20 Å². The topological polar surface area (TPSA) is 58.9 Å². The number of hydrogen-bond donors (Lipinski definition) is 1. The first kappa shape index (κ1) is 18.8. The van der Waals surface area contributed by atoms with Crippen molar-refractivity contribution < 1.29 is 5.11 Å². The van der Waals surface area contributed by atoms with Crippen LogP contribution in [0.2, 0.25) is 10.2 Å². The third kappa shape index (κ3) is 4.04. The Morgan fingerprint density at radius 3 is 2.46 bits per heavy atom.